The highest BCUT2D eigenvalue weighted by molar-refractivity contribution is 7.18. The van der Waals surface area contributed by atoms with E-state index in [4.69, 9.17) is 22.5 Å². The molecule has 4 nitrogen and oxygen atoms in total. The standard InChI is InChI=1S/C13H10N4S2/c14-5-8(15)9-6-1-3-19-12(6)10(13(16)17)7-2-4-18-11(7)9/h1-4H,15-17H2/b9-8+. The van der Waals surface area contributed by atoms with E-state index >= 15 is 0 Å². The molecule has 0 unspecified atom stereocenters. The number of nitrogens with two attached hydrogens (primary N) is 3. The first-order valence-corrected chi connectivity index (χ1v) is 7.22. The lowest BCUT2D eigenvalue weighted by molar-refractivity contribution is 1.43. The molecule has 0 bridgehead atoms. The van der Waals surface area contributed by atoms with Crippen molar-refractivity contribution in [3.05, 3.63) is 33.3 Å². The van der Waals surface area contributed by atoms with Gasteiger partial charge in [0.1, 0.15) is 17.6 Å². The molecule has 0 amide bonds. The lowest BCUT2D eigenvalue weighted by Gasteiger charge is -2.01. The van der Waals surface area contributed by atoms with Gasteiger partial charge < -0.3 is 17.2 Å². The highest BCUT2D eigenvalue weighted by Gasteiger charge is 2.11. The second-order valence-corrected chi connectivity index (χ2v) is 5.89. The lowest BCUT2D eigenvalue weighted by Crippen LogP contribution is -2.24. The Morgan fingerprint density at radius 2 is 1.47 bits per heavy atom. The molecule has 6 N–H and O–H groups in total. The van der Waals surface area contributed by atoms with Crippen LogP contribution < -0.4 is 27.6 Å². The van der Waals surface area contributed by atoms with Gasteiger partial charge in [-0.2, -0.15) is 5.26 Å². The van der Waals surface area contributed by atoms with Crippen molar-refractivity contribution >= 4 is 54.4 Å². The van der Waals surface area contributed by atoms with Gasteiger partial charge in [-0.05, 0) is 22.9 Å². The molecule has 0 aliphatic carbocycles. The first-order chi connectivity index (χ1) is 9.15. The predicted molar refractivity (Wildman–Crippen MR) is 81.4 cm³/mol. The Morgan fingerprint density at radius 3 is 2.00 bits per heavy atom. The van der Waals surface area contributed by atoms with Crippen LogP contribution >= 0.6 is 22.7 Å². The number of rotatable bonds is 0. The molecule has 0 aliphatic heterocycles. The minimum Gasteiger partial charge on any atom is -0.390 e. The maximum atomic E-state index is 9.10. The van der Waals surface area contributed by atoms with Gasteiger partial charge >= 0.3 is 0 Å². The van der Waals surface area contributed by atoms with Crippen molar-refractivity contribution in [1.29, 1.82) is 5.26 Å². The van der Waals surface area contributed by atoms with Gasteiger partial charge in [0.2, 0.25) is 0 Å². The van der Waals surface area contributed by atoms with Gasteiger partial charge in [-0.15, -0.1) is 22.7 Å². The summed E-state index contributed by atoms with van der Waals surface area (Å²) in [5.74, 6) is 0.290. The van der Waals surface area contributed by atoms with Crippen molar-refractivity contribution in [2.75, 3.05) is 0 Å². The SMILES string of the molecule is N#C/C(N)=c1/c2ccsc2c(=C(N)N)c2ccsc12. The number of benzene rings is 1. The van der Waals surface area contributed by atoms with Crippen LogP contribution in [0.25, 0.3) is 31.7 Å². The summed E-state index contributed by atoms with van der Waals surface area (Å²) in [7, 11) is 0. The Balaban J connectivity index is 2.86. The summed E-state index contributed by atoms with van der Waals surface area (Å²) < 4.78 is 1.92. The van der Waals surface area contributed by atoms with Crippen LogP contribution in [-0.4, -0.2) is 0 Å². The Bertz CT molecular complexity index is 894. The van der Waals surface area contributed by atoms with Gasteiger partial charge in [-0.1, -0.05) is 0 Å². The van der Waals surface area contributed by atoms with Crippen LogP contribution in [-0.2, 0) is 0 Å². The Labute approximate surface area is 116 Å². The number of thiophene rings is 2. The molecule has 19 heavy (non-hydrogen) atoms. The van der Waals surface area contributed by atoms with E-state index in [1.54, 1.807) is 11.3 Å². The number of nitriles is 1. The average molecular weight is 286 g/mol. The van der Waals surface area contributed by atoms with E-state index in [2.05, 4.69) is 0 Å². The molecule has 0 saturated carbocycles. The van der Waals surface area contributed by atoms with Gasteiger partial charge in [0.15, 0.2) is 0 Å². The number of fused-ring (bicyclic) bond motifs is 2. The van der Waals surface area contributed by atoms with E-state index in [-0.39, 0.29) is 11.5 Å². The fraction of sp³-hybridized carbons (Fsp3) is 0. The third-order valence-electron chi connectivity index (χ3n) is 3.00. The Kier molecular flexibility index (Phi) is 2.59. The van der Waals surface area contributed by atoms with Gasteiger partial charge in [0.05, 0.1) is 0 Å². The average Bonchev–Trinajstić information content (AvgIpc) is 3.02. The molecular weight excluding hydrogens is 276 g/mol. The lowest BCUT2D eigenvalue weighted by atomic mass is 10.1. The maximum Gasteiger partial charge on any atom is 0.120 e. The van der Waals surface area contributed by atoms with Crippen LogP contribution in [0.5, 0.6) is 0 Å². The van der Waals surface area contributed by atoms with Crippen molar-refractivity contribution < 1.29 is 0 Å². The van der Waals surface area contributed by atoms with E-state index < -0.39 is 0 Å². The zero-order valence-corrected chi connectivity index (χ0v) is 11.4. The first-order valence-electron chi connectivity index (χ1n) is 5.46. The van der Waals surface area contributed by atoms with Crippen LogP contribution in [0.1, 0.15) is 0 Å². The quantitative estimate of drug-likeness (QED) is 0.566. The Morgan fingerprint density at radius 1 is 0.947 bits per heavy atom. The maximum absolute atomic E-state index is 9.10. The fourth-order valence-corrected chi connectivity index (χ4v) is 4.21. The van der Waals surface area contributed by atoms with Crippen molar-refractivity contribution in [1.82, 2.24) is 0 Å². The summed E-state index contributed by atoms with van der Waals surface area (Å²) >= 11 is 3.08. The molecule has 0 spiro atoms. The summed E-state index contributed by atoms with van der Waals surface area (Å²) in [6.07, 6.45) is 0. The number of hydrogen-bond acceptors (Lipinski definition) is 6. The van der Waals surface area contributed by atoms with Crippen molar-refractivity contribution in [3.63, 3.8) is 0 Å². The Hall–Kier alpha value is -2.23. The summed E-state index contributed by atoms with van der Waals surface area (Å²) in [4.78, 5) is 0. The highest BCUT2D eigenvalue weighted by atomic mass is 32.1. The smallest absolute Gasteiger partial charge is 0.120 e. The van der Waals surface area contributed by atoms with Crippen LogP contribution in [0.3, 0.4) is 0 Å². The minimum absolute atomic E-state index is 0.220. The third kappa shape index (κ3) is 1.56. The van der Waals surface area contributed by atoms with Crippen molar-refractivity contribution in [3.8, 4) is 6.07 Å². The highest BCUT2D eigenvalue weighted by Crippen LogP contribution is 2.22. The monoisotopic (exact) mass is 286 g/mol. The molecule has 3 rings (SSSR count). The topological polar surface area (TPSA) is 102 Å². The molecule has 0 atom stereocenters. The minimum atomic E-state index is 0.220. The van der Waals surface area contributed by atoms with Crippen molar-refractivity contribution in [2.24, 2.45) is 17.2 Å². The molecule has 0 aliphatic rings. The summed E-state index contributed by atoms with van der Waals surface area (Å²) in [5, 5.41) is 16.5. The molecule has 94 valence electrons. The molecule has 1 aromatic carbocycles. The molecule has 6 heteroatoms. The summed E-state index contributed by atoms with van der Waals surface area (Å²) in [5.41, 5.74) is 17.7. The van der Waals surface area contributed by atoms with E-state index in [0.29, 0.717) is 0 Å². The van der Waals surface area contributed by atoms with Gasteiger partial charge in [-0.25, -0.2) is 0 Å². The second-order valence-electron chi connectivity index (χ2n) is 4.06. The zero-order chi connectivity index (χ0) is 13.6. The van der Waals surface area contributed by atoms with E-state index in [1.165, 1.54) is 11.3 Å². The van der Waals surface area contributed by atoms with Crippen LogP contribution in [0.2, 0.25) is 0 Å². The fourth-order valence-electron chi connectivity index (χ4n) is 2.25. The van der Waals surface area contributed by atoms with E-state index in [1.807, 2.05) is 29.0 Å². The first kappa shape index (κ1) is 11.8. The number of nitrogens with zero attached hydrogens (tertiary/aromatic N) is 1. The molecule has 0 radical (unpaired) electrons. The normalized spacial score (nSPS) is 12.6. The molecule has 0 fully saturated rings. The molecule has 2 heterocycles. The van der Waals surface area contributed by atoms with Gasteiger partial charge in [0.25, 0.3) is 0 Å². The van der Waals surface area contributed by atoms with Crippen LogP contribution in [0, 0.1) is 11.3 Å². The van der Waals surface area contributed by atoms with E-state index in [0.717, 1.165) is 30.6 Å². The molecule has 3 aromatic rings. The van der Waals surface area contributed by atoms with E-state index in [9.17, 15) is 0 Å². The van der Waals surface area contributed by atoms with Gasteiger partial charge in [-0.3, -0.25) is 0 Å². The molecule has 2 aromatic heterocycles. The van der Waals surface area contributed by atoms with Crippen LogP contribution in [0.15, 0.2) is 22.9 Å². The third-order valence-corrected chi connectivity index (χ3v) is 4.87. The van der Waals surface area contributed by atoms with Crippen molar-refractivity contribution in [2.45, 2.75) is 0 Å². The van der Waals surface area contributed by atoms with Gasteiger partial charge in [0, 0.05) is 30.6 Å². The summed E-state index contributed by atoms with van der Waals surface area (Å²) in [6.45, 7) is 0. The number of hydrogen-bond donors (Lipinski definition) is 3. The second kappa shape index (κ2) is 4.16. The molecule has 0 saturated heterocycles. The predicted octanol–water partition coefficient (Wildman–Crippen LogP) is 0.690. The zero-order valence-electron chi connectivity index (χ0n) is 9.81. The largest absolute Gasteiger partial charge is 0.390 e. The van der Waals surface area contributed by atoms with Crippen LogP contribution in [0.4, 0.5) is 0 Å². The summed E-state index contributed by atoms with van der Waals surface area (Å²) in [6, 6.07) is 5.94. The molecular formula is C13H10N4S2.